The SMILES string of the molecule is CN=C(NC1CCC1)N1CCN(CC2CCOC2)CC1. The van der Waals surface area contributed by atoms with Gasteiger partial charge in [-0.3, -0.25) is 9.89 Å². The van der Waals surface area contributed by atoms with Crippen LogP contribution in [0.3, 0.4) is 0 Å². The molecule has 114 valence electrons. The summed E-state index contributed by atoms with van der Waals surface area (Å²) in [7, 11) is 1.91. The smallest absolute Gasteiger partial charge is 0.193 e. The molecule has 0 aromatic carbocycles. The quantitative estimate of drug-likeness (QED) is 0.612. The van der Waals surface area contributed by atoms with Crippen LogP contribution in [0.1, 0.15) is 25.7 Å². The van der Waals surface area contributed by atoms with Crippen molar-refractivity contribution in [2.24, 2.45) is 10.9 Å². The number of guanidine groups is 1. The summed E-state index contributed by atoms with van der Waals surface area (Å²) in [5.74, 6) is 1.87. The van der Waals surface area contributed by atoms with Crippen molar-refractivity contribution < 1.29 is 4.74 Å². The van der Waals surface area contributed by atoms with E-state index in [9.17, 15) is 0 Å². The van der Waals surface area contributed by atoms with Gasteiger partial charge in [0.2, 0.25) is 0 Å². The summed E-state index contributed by atoms with van der Waals surface area (Å²) in [4.78, 5) is 9.46. The van der Waals surface area contributed by atoms with Crippen LogP contribution < -0.4 is 5.32 Å². The van der Waals surface area contributed by atoms with Gasteiger partial charge in [-0.05, 0) is 31.6 Å². The summed E-state index contributed by atoms with van der Waals surface area (Å²) in [5.41, 5.74) is 0. The fraction of sp³-hybridized carbons (Fsp3) is 0.933. The Morgan fingerprint density at radius 1 is 1.20 bits per heavy atom. The number of piperazine rings is 1. The lowest BCUT2D eigenvalue weighted by atomic mass is 9.93. The minimum Gasteiger partial charge on any atom is -0.381 e. The first-order chi connectivity index (χ1) is 9.85. The van der Waals surface area contributed by atoms with Gasteiger partial charge in [0.25, 0.3) is 0 Å². The zero-order chi connectivity index (χ0) is 13.8. The van der Waals surface area contributed by atoms with Gasteiger partial charge in [-0.15, -0.1) is 0 Å². The molecule has 3 rings (SSSR count). The molecule has 0 spiro atoms. The maximum Gasteiger partial charge on any atom is 0.193 e. The van der Waals surface area contributed by atoms with Crippen molar-refractivity contribution in [1.29, 1.82) is 0 Å². The van der Waals surface area contributed by atoms with Gasteiger partial charge in [0, 0.05) is 52.4 Å². The van der Waals surface area contributed by atoms with E-state index in [-0.39, 0.29) is 0 Å². The molecule has 1 aliphatic carbocycles. The zero-order valence-corrected chi connectivity index (χ0v) is 12.7. The van der Waals surface area contributed by atoms with Gasteiger partial charge in [0.1, 0.15) is 0 Å². The Kier molecular flexibility index (Phi) is 4.78. The predicted molar refractivity (Wildman–Crippen MR) is 81.1 cm³/mol. The monoisotopic (exact) mass is 280 g/mol. The zero-order valence-electron chi connectivity index (χ0n) is 12.7. The van der Waals surface area contributed by atoms with Crippen LogP contribution in [-0.2, 0) is 4.74 Å². The number of rotatable bonds is 3. The lowest BCUT2D eigenvalue weighted by Gasteiger charge is -2.39. The van der Waals surface area contributed by atoms with E-state index in [1.807, 2.05) is 7.05 Å². The average molecular weight is 280 g/mol. The molecule has 0 bridgehead atoms. The van der Waals surface area contributed by atoms with Crippen molar-refractivity contribution >= 4 is 5.96 Å². The molecule has 1 atom stereocenters. The molecule has 0 aromatic heterocycles. The fourth-order valence-corrected chi connectivity index (χ4v) is 3.27. The maximum atomic E-state index is 5.47. The first-order valence-corrected chi connectivity index (χ1v) is 8.13. The predicted octanol–water partition coefficient (Wildman–Crippen LogP) is 0.768. The molecule has 2 heterocycles. The molecule has 1 saturated carbocycles. The summed E-state index contributed by atoms with van der Waals surface area (Å²) in [5, 5.41) is 3.60. The third kappa shape index (κ3) is 3.44. The van der Waals surface area contributed by atoms with E-state index in [1.54, 1.807) is 0 Å². The standard InChI is InChI=1S/C15H28N4O/c1-16-15(17-14-3-2-4-14)19-8-6-18(7-9-19)11-13-5-10-20-12-13/h13-14H,2-12H2,1H3,(H,16,17). The molecular formula is C15H28N4O. The number of hydrogen-bond acceptors (Lipinski definition) is 3. The van der Waals surface area contributed by atoms with E-state index >= 15 is 0 Å². The molecule has 1 unspecified atom stereocenters. The van der Waals surface area contributed by atoms with Crippen LogP contribution >= 0.6 is 0 Å². The highest BCUT2D eigenvalue weighted by atomic mass is 16.5. The third-order valence-corrected chi connectivity index (χ3v) is 4.86. The van der Waals surface area contributed by atoms with Crippen molar-refractivity contribution in [1.82, 2.24) is 15.1 Å². The number of nitrogens with zero attached hydrogens (tertiary/aromatic N) is 3. The van der Waals surface area contributed by atoms with Crippen LogP contribution in [-0.4, -0.2) is 74.8 Å². The Morgan fingerprint density at radius 3 is 2.55 bits per heavy atom. The molecule has 0 aromatic rings. The maximum absolute atomic E-state index is 5.47. The number of nitrogens with one attached hydrogen (secondary N) is 1. The average Bonchev–Trinajstić information content (AvgIpc) is 2.92. The summed E-state index contributed by atoms with van der Waals surface area (Å²) < 4.78 is 5.47. The topological polar surface area (TPSA) is 40.1 Å². The molecule has 3 fully saturated rings. The van der Waals surface area contributed by atoms with Crippen LogP contribution in [0.5, 0.6) is 0 Å². The van der Waals surface area contributed by atoms with Crippen LogP contribution in [0.4, 0.5) is 0 Å². The summed E-state index contributed by atoms with van der Waals surface area (Å²) in [6, 6.07) is 0.669. The Balaban J connectivity index is 1.42. The molecule has 5 heteroatoms. The van der Waals surface area contributed by atoms with E-state index in [2.05, 4.69) is 20.1 Å². The lowest BCUT2D eigenvalue weighted by molar-refractivity contribution is 0.138. The summed E-state index contributed by atoms with van der Waals surface area (Å²) in [6.07, 6.45) is 5.22. The Bertz CT molecular complexity index is 329. The van der Waals surface area contributed by atoms with Crippen molar-refractivity contribution in [2.75, 3.05) is 53.0 Å². The van der Waals surface area contributed by atoms with E-state index in [0.29, 0.717) is 6.04 Å². The molecule has 2 saturated heterocycles. The van der Waals surface area contributed by atoms with E-state index < -0.39 is 0 Å². The normalized spacial score (nSPS) is 29.6. The van der Waals surface area contributed by atoms with Crippen LogP contribution in [0.25, 0.3) is 0 Å². The first-order valence-electron chi connectivity index (χ1n) is 8.13. The van der Waals surface area contributed by atoms with Gasteiger partial charge in [-0.1, -0.05) is 0 Å². The number of aliphatic imine (C=N–C) groups is 1. The van der Waals surface area contributed by atoms with Crippen LogP contribution in [0.2, 0.25) is 0 Å². The minimum absolute atomic E-state index is 0.669. The van der Waals surface area contributed by atoms with Crippen LogP contribution in [0, 0.1) is 5.92 Å². The second kappa shape index (κ2) is 6.76. The fourth-order valence-electron chi connectivity index (χ4n) is 3.27. The Labute approximate surface area is 122 Å². The van der Waals surface area contributed by atoms with Gasteiger partial charge in [-0.2, -0.15) is 0 Å². The molecule has 3 aliphatic rings. The number of ether oxygens (including phenoxy) is 1. The van der Waals surface area contributed by atoms with Gasteiger partial charge >= 0.3 is 0 Å². The largest absolute Gasteiger partial charge is 0.381 e. The number of hydrogen-bond donors (Lipinski definition) is 1. The molecule has 0 amide bonds. The van der Waals surface area contributed by atoms with E-state index in [4.69, 9.17) is 4.74 Å². The summed E-state index contributed by atoms with van der Waals surface area (Å²) in [6.45, 7) is 7.64. The Morgan fingerprint density at radius 2 is 2.00 bits per heavy atom. The van der Waals surface area contributed by atoms with Gasteiger partial charge in [0.05, 0.1) is 6.61 Å². The minimum atomic E-state index is 0.669. The highest BCUT2D eigenvalue weighted by Crippen LogP contribution is 2.19. The molecule has 0 radical (unpaired) electrons. The van der Waals surface area contributed by atoms with Crippen molar-refractivity contribution in [2.45, 2.75) is 31.7 Å². The van der Waals surface area contributed by atoms with Gasteiger partial charge in [0.15, 0.2) is 5.96 Å². The second-order valence-electron chi connectivity index (χ2n) is 6.34. The van der Waals surface area contributed by atoms with Crippen LogP contribution in [0.15, 0.2) is 4.99 Å². The molecular weight excluding hydrogens is 252 g/mol. The second-order valence-corrected chi connectivity index (χ2v) is 6.34. The van der Waals surface area contributed by atoms with Crippen molar-refractivity contribution in [3.8, 4) is 0 Å². The molecule has 1 N–H and O–H groups in total. The highest BCUT2D eigenvalue weighted by Gasteiger charge is 2.26. The molecule has 2 aliphatic heterocycles. The van der Waals surface area contributed by atoms with Crippen molar-refractivity contribution in [3.63, 3.8) is 0 Å². The molecule has 5 nitrogen and oxygen atoms in total. The molecule has 20 heavy (non-hydrogen) atoms. The van der Waals surface area contributed by atoms with E-state index in [0.717, 1.165) is 51.3 Å². The lowest BCUT2D eigenvalue weighted by Crippen LogP contribution is -2.55. The highest BCUT2D eigenvalue weighted by molar-refractivity contribution is 5.80. The summed E-state index contributed by atoms with van der Waals surface area (Å²) >= 11 is 0. The van der Waals surface area contributed by atoms with E-state index in [1.165, 1.54) is 32.2 Å². The van der Waals surface area contributed by atoms with Crippen molar-refractivity contribution in [3.05, 3.63) is 0 Å². The Hall–Kier alpha value is -0.810. The van der Waals surface area contributed by atoms with Gasteiger partial charge < -0.3 is 15.0 Å². The third-order valence-electron chi connectivity index (χ3n) is 4.86. The van der Waals surface area contributed by atoms with Gasteiger partial charge in [-0.25, -0.2) is 0 Å². The first kappa shape index (κ1) is 14.1.